The van der Waals surface area contributed by atoms with Crippen LogP contribution in [0.5, 0.6) is 5.75 Å². The highest BCUT2D eigenvalue weighted by Gasteiger charge is 2.52. The van der Waals surface area contributed by atoms with Crippen LogP contribution in [0.4, 0.5) is 4.39 Å². The molecule has 10 heteroatoms. The van der Waals surface area contributed by atoms with E-state index < -0.39 is 36.2 Å². The molecule has 7 nitrogen and oxygen atoms in total. The summed E-state index contributed by atoms with van der Waals surface area (Å²) in [6, 6.07) is 21.4. The van der Waals surface area contributed by atoms with Crippen molar-refractivity contribution < 1.29 is 30.8 Å². The van der Waals surface area contributed by atoms with E-state index in [0.717, 1.165) is 17.7 Å². The smallest absolute Gasteiger partial charge is 0.225 e. The molecule has 2 saturated heterocycles. The van der Waals surface area contributed by atoms with Crippen molar-refractivity contribution in [2.24, 2.45) is 5.92 Å². The number of rotatable bonds is 7. The zero-order chi connectivity index (χ0) is 28.5. The number of sulfone groups is 2. The summed E-state index contributed by atoms with van der Waals surface area (Å²) in [4.78, 5) is 14.9. The third-order valence-electron chi connectivity index (χ3n) is 8.05. The first-order valence-corrected chi connectivity index (χ1v) is 16.6. The van der Waals surface area contributed by atoms with Crippen LogP contribution in [0.3, 0.4) is 0 Å². The third kappa shape index (κ3) is 5.51. The van der Waals surface area contributed by atoms with E-state index in [9.17, 15) is 26.0 Å². The molecule has 0 saturated carbocycles. The first-order chi connectivity index (χ1) is 19.0. The van der Waals surface area contributed by atoms with Crippen LogP contribution in [0.1, 0.15) is 43.4 Å². The molecule has 0 aliphatic carbocycles. The molecule has 2 atom stereocenters. The van der Waals surface area contributed by atoms with Gasteiger partial charge in [-0.15, -0.1) is 0 Å². The maximum Gasteiger partial charge on any atom is 0.225 e. The first-order valence-electron chi connectivity index (χ1n) is 13.3. The molecule has 0 unspecified atom stereocenters. The molecular formula is C30H32FNO6S2. The molecule has 3 aromatic rings. The number of nitrogens with zero attached hydrogens (tertiary/aromatic N) is 1. The Morgan fingerprint density at radius 3 is 2.23 bits per heavy atom. The summed E-state index contributed by atoms with van der Waals surface area (Å²) in [5.41, 5.74) is 1.51. The van der Waals surface area contributed by atoms with E-state index in [2.05, 4.69) is 0 Å². The topological polar surface area (TPSA) is 97.8 Å². The van der Waals surface area contributed by atoms with Gasteiger partial charge in [-0.1, -0.05) is 42.5 Å². The number of carbonyl (C=O) groups is 1. The van der Waals surface area contributed by atoms with Crippen LogP contribution in [-0.2, 0) is 29.2 Å². The largest absolute Gasteiger partial charge is 0.486 e. The number of benzene rings is 3. The predicted molar refractivity (Wildman–Crippen MR) is 150 cm³/mol. The molecular weight excluding hydrogens is 553 g/mol. The number of likely N-dealkylation sites (tertiary alicyclic amines) is 1. The number of halogens is 1. The standard InChI is InChI=1S/C30H32FNO6S2/c1-22(23-5-3-2-4-6-23)38-27-11-7-25(8-12-27)30(40(36,37)28-13-9-26(31)10-14-28)17-18-32(21-30)29(33)24-15-19-39(34,35)20-16-24/h2-14,22,24H,15-21H2,1H3/t22-,30-/m0/s1. The lowest BCUT2D eigenvalue weighted by Crippen LogP contribution is -2.43. The van der Waals surface area contributed by atoms with Crippen LogP contribution >= 0.6 is 0 Å². The normalized spacial score (nSPS) is 22.1. The fourth-order valence-electron chi connectivity index (χ4n) is 5.65. The molecule has 3 aromatic carbocycles. The lowest BCUT2D eigenvalue weighted by atomic mass is 9.97. The molecule has 0 spiro atoms. The summed E-state index contributed by atoms with van der Waals surface area (Å²) in [6.07, 6.45) is 0.411. The maximum atomic E-state index is 14.2. The quantitative estimate of drug-likeness (QED) is 0.373. The fraction of sp³-hybridized carbons (Fsp3) is 0.367. The molecule has 2 aliphatic rings. The number of carbonyl (C=O) groups excluding carboxylic acids is 1. The van der Waals surface area contributed by atoms with Gasteiger partial charge < -0.3 is 9.64 Å². The summed E-state index contributed by atoms with van der Waals surface area (Å²) < 4.78 is 70.4. The second-order valence-corrected chi connectivity index (χ2v) is 15.1. The van der Waals surface area contributed by atoms with Gasteiger partial charge in [-0.05, 0) is 73.7 Å². The van der Waals surface area contributed by atoms with Crippen LogP contribution in [0.25, 0.3) is 0 Å². The van der Waals surface area contributed by atoms with E-state index in [1.807, 2.05) is 37.3 Å². The third-order valence-corrected chi connectivity index (χ3v) is 12.3. The van der Waals surface area contributed by atoms with Crippen molar-refractivity contribution in [3.8, 4) is 5.75 Å². The summed E-state index contributed by atoms with van der Waals surface area (Å²) in [6.45, 7) is 2.07. The summed E-state index contributed by atoms with van der Waals surface area (Å²) in [7, 11) is -7.20. The van der Waals surface area contributed by atoms with Gasteiger partial charge in [-0.25, -0.2) is 21.2 Å². The molecule has 0 N–H and O–H groups in total. The Morgan fingerprint density at radius 1 is 0.975 bits per heavy atom. The minimum atomic E-state index is -4.06. The van der Waals surface area contributed by atoms with Crippen LogP contribution < -0.4 is 4.74 Å². The Labute approximate surface area is 234 Å². The van der Waals surface area contributed by atoms with Crippen molar-refractivity contribution >= 4 is 25.6 Å². The lowest BCUT2D eigenvalue weighted by molar-refractivity contribution is -0.134. The molecule has 0 aromatic heterocycles. The molecule has 0 radical (unpaired) electrons. The average molecular weight is 586 g/mol. The number of hydrogen-bond acceptors (Lipinski definition) is 6. The Bertz CT molecular complexity index is 1560. The predicted octanol–water partition coefficient (Wildman–Crippen LogP) is 4.69. The zero-order valence-electron chi connectivity index (χ0n) is 22.2. The van der Waals surface area contributed by atoms with Crippen molar-refractivity contribution in [3.05, 3.63) is 95.8 Å². The van der Waals surface area contributed by atoms with Crippen molar-refractivity contribution in [1.82, 2.24) is 4.90 Å². The van der Waals surface area contributed by atoms with Gasteiger partial charge in [0.1, 0.15) is 32.3 Å². The summed E-state index contributed by atoms with van der Waals surface area (Å²) >= 11 is 0. The summed E-state index contributed by atoms with van der Waals surface area (Å²) in [5.74, 6) is -0.731. The van der Waals surface area contributed by atoms with E-state index in [1.54, 1.807) is 29.2 Å². The van der Waals surface area contributed by atoms with Crippen molar-refractivity contribution in [2.45, 2.75) is 41.9 Å². The van der Waals surface area contributed by atoms with Crippen molar-refractivity contribution in [2.75, 3.05) is 24.6 Å². The molecule has 1 amide bonds. The number of hydrogen-bond donors (Lipinski definition) is 0. The van der Waals surface area contributed by atoms with E-state index in [4.69, 9.17) is 4.74 Å². The summed E-state index contributed by atoms with van der Waals surface area (Å²) in [5, 5.41) is 0. The van der Waals surface area contributed by atoms with Gasteiger partial charge in [0.05, 0.1) is 16.4 Å². The Hall–Kier alpha value is -3.24. The Morgan fingerprint density at radius 2 is 1.60 bits per heavy atom. The van der Waals surface area contributed by atoms with Crippen LogP contribution in [-0.4, -0.2) is 52.2 Å². The number of ether oxygens (including phenoxy) is 1. The zero-order valence-corrected chi connectivity index (χ0v) is 23.8. The van der Waals surface area contributed by atoms with Gasteiger partial charge >= 0.3 is 0 Å². The highest BCUT2D eigenvalue weighted by molar-refractivity contribution is 7.92. The van der Waals surface area contributed by atoms with Crippen LogP contribution in [0.2, 0.25) is 0 Å². The van der Waals surface area contributed by atoms with E-state index in [0.29, 0.717) is 11.3 Å². The van der Waals surface area contributed by atoms with Crippen molar-refractivity contribution in [1.29, 1.82) is 0 Å². The Balaban J connectivity index is 1.45. The molecule has 0 bridgehead atoms. The average Bonchev–Trinajstić information content (AvgIpc) is 3.41. The second-order valence-electron chi connectivity index (χ2n) is 10.6. The molecule has 212 valence electrons. The fourth-order valence-corrected chi connectivity index (χ4v) is 9.22. The minimum absolute atomic E-state index is 0.0232. The van der Waals surface area contributed by atoms with Crippen molar-refractivity contribution in [3.63, 3.8) is 0 Å². The number of amides is 1. The molecule has 2 fully saturated rings. The maximum absolute atomic E-state index is 14.2. The van der Waals surface area contributed by atoms with Gasteiger partial charge in [0.25, 0.3) is 0 Å². The van der Waals surface area contributed by atoms with Gasteiger partial charge in [-0.2, -0.15) is 0 Å². The van der Waals surface area contributed by atoms with Crippen LogP contribution in [0, 0.1) is 11.7 Å². The van der Waals surface area contributed by atoms with Gasteiger partial charge in [-0.3, -0.25) is 4.79 Å². The highest BCUT2D eigenvalue weighted by atomic mass is 32.2. The Kier molecular flexibility index (Phi) is 7.76. The monoisotopic (exact) mass is 585 g/mol. The first kappa shape index (κ1) is 28.3. The van der Waals surface area contributed by atoms with Gasteiger partial charge in [0.15, 0.2) is 9.84 Å². The minimum Gasteiger partial charge on any atom is -0.486 e. The van der Waals surface area contributed by atoms with Gasteiger partial charge in [0, 0.05) is 19.0 Å². The van der Waals surface area contributed by atoms with E-state index in [-0.39, 0.29) is 60.8 Å². The molecule has 5 rings (SSSR count). The van der Waals surface area contributed by atoms with Crippen LogP contribution in [0.15, 0.2) is 83.8 Å². The molecule has 2 heterocycles. The highest BCUT2D eigenvalue weighted by Crippen LogP contribution is 2.44. The van der Waals surface area contributed by atoms with E-state index >= 15 is 0 Å². The SMILES string of the molecule is C[C@H](Oc1ccc([C@]2(S(=O)(=O)c3ccc(F)cc3)CCN(C(=O)C3CCS(=O)(=O)CC3)C2)cc1)c1ccccc1. The van der Waals surface area contributed by atoms with Gasteiger partial charge in [0.2, 0.25) is 5.91 Å². The lowest BCUT2D eigenvalue weighted by Gasteiger charge is -2.31. The van der Waals surface area contributed by atoms with E-state index in [1.165, 1.54) is 12.1 Å². The molecule has 40 heavy (non-hydrogen) atoms. The molecule has 2 aliphatic heterocycles. The second kappa shape index (κ2) is 11.0.